The van der Waals surface area contributed by atoms with Gasteiger partial charge in [0.25, 0.3) is 0 Å². The van der Waals surface area contributed by atoms with Gasteiger partial charge in [-0.15, -0.1) is 11.3 Å². The number of nitrogens with zero attached hydrogens (tertiary/aromatic N) is 1. The maximum absolute atomic E-state index is 6.39. The summed E-state index contributed by atoms with van der Waals surface area (Å²) in [5, 5.41) is 14.7. The van der Waals surface area contributed by atoms with E-state index in [1.807, 2.05) is 17.4 Å². The molecular weight excluding hydrogens is 615 g/mol. The van der Waals surface area contributed by atoms with Gasteiger partial charge < -0.3 is 9.32 Å². The molecule has 0 fully saturated rings. The van der Waals surface area contributed by atoms with E-state index in [9.17, 15) is 0 Å². The molecule has 0 radical (unpaired) electrons. The summed E-state index contributed by atoms with van der Waals surface area (Å²) in [4.78, 5) is 2.42. The maximum Gasteiger partial charge on any atom is 0.136 e. The molecule has 9 aromatic carbocycles. The van der Waals surface area contributed by atoms with Crippen molar-refractivity contribution in [2.45, 2.75) is 0 Å². The molecule has 228 valence electrons. The number of furan rings is 1. The van der Waals surface area contributed by atoms with Crippen LogP contribution in [-0.4, -0.2) is 0 Å². The van der Waals surface area contributed by atoms with Crippen molar-refractivity contribution in [2.75, 3.05) is 4.90 Å². The van der Waals surface area contributed by atoms with Gasteiger partial charge in [-0.1, -0.05) is 97.1 Å². The summed E-state index contributed by atoms with van der Waals surface area (Å²) in [6, 6.07) is 59.7. The molecule has 11 aromatic rings. The standard InChI is InChI=1S/C46H27NOS/c1-2-10-29-23-30(18-17-28(29)9-1)47(32-20-22-46-42(25-32)37-14-6-8-16-45(37)49-46)31-19-21-35-38(24-31)33-11-3-4-12-34(33)39-26-41-36-13-5-7-15-43(36)48-44(41)27-40(35)39/h1-27H. The molecular formula is C46H27NOS. The van der Waals surface area contributed by atoms with Crippen molar-refractivity contribution in [2.24, 2.45) is 0 Å². The van der Waals surface area contributed by atoms with Gasteiger partial charge in [0.2, 0.25) is 0 Å². The monoisotopic (exact) mass is 641 g/mol. The predicted molar refractivity (Wildman–Crippen MR) is 211 cm³/mol. The van der Waals surface area contributed by atoms with E-state index in [4.69, 9.17) is 4.42 Å². The minimum Gasteiger partial charge on any atom is -0.456 e. The van der Waals surface area contributed by atoms with Gasteiger partial charge in [-0.25, -0.2) is 0 Å². The number of para-hydroxylation sites is 1. The zero-order valence-electron chi connectivity index (χ0n) is 26.4. The van der Waals surface area contributed by atoms with Crippen molar-refractivity contribution in [3.8, 4) is 0 Å². The second-order valence-electron chi connectivity index (χ2n) is 12.9. The summed E-state index contributed by atoms with van der Waals surface area (Å²) < 4.78 is 9.00. The lowest BCUT2D eigenvalue weighted by Gasteiger charge is -2.27. The van der Waals surface area contributed by atoms with E-state index < -0.39 is 0 Å². The topological polar surface area (TPSA) is 16.4 Å². The van der Waals surface area contributed by atoms with Gasteiger partial charge in [-0.05, 0) is 110 Å². The summed E-state index contributed by atoms with van der Waals surface area (Å²) in [6.07, 6.45) is 0. The van der Waals surface area contributed by atoms with E-state index in [2.05, 4.69) is 163 Å². The van der Waals surface area contributed by atoms with Crippen molar-refractivity contribution < 1.29 is 4.42 Å². The fraction of sp³-hybridized carbons (Fsp3) is 0. The van der Waals surface area contributed by atoms with Crippen LogP contribution in [0.1, 0.15) is 0 Å². The fourth-order valence-electron chi connectivity index (χ4n) is 7.92. The Balaban J connectivity index is 1.20. The van der Waals surface area contributed by atoms with Crippen LogP contribution in [0.2, 0.25) is 0 Å². The summed E-state index contributed by atoms with van der Waals surface area (Å²) in [7, 11) is 0. The Morgan fingerprint density at radius 3 is 1.76 bits per heavy atom. The number of anilines is 3. The molecule has 0 spiro atoms. The largest absolute Gasteiger partial charge is 0.456 e. The zero-order chi connectivity index (χ0) is 32.1. The third-order valence-corrected chi connectivity index (χ3v) is 11.3. The first-order valence-corrected chi connectivity index (χ1v) is 17.5. The highest BCUT2D eigenvalue weighted by Gasteiger charge is 2.19. The molecule has 0 unspecified atom stereocenters. The molecule has 2 nitrogen and oxygen atoms in total. The molecule has 0 amide bonds. The summed E-state index contributed by atoms with van der Waals surface area (Å²) in [5.74, 6) is 0. The van der Waals surface area contributed by atoms with Crippen LogP contribution in [0.25, 0.3) is 85.2 Å². The zero-order valence-corrected chi connectivity index (χ0v) is 27.2. The van der Waals surface area contributed by atoms with Crippen LogP contribution < -0.4 is 4.90 Å². The highest BCUT2D eigenvalue weighted by atomic mass is 32.1. The molecule has 0 aliphatic heterocycles. The maximum atomic E-state index is 6.39. The minimum atomic E-state index is 0.920. The Hall–Kier alpha value is -6.16. The number of hydrogen-bond donors (Lipinski definition) is 0. The lowest BCUT2D eigenvalue weighted by atomic mass is 9.92. The first-order valence-electron chi connectivity index (χ1n) is 16.7. The average Bonchev–Trinajstić information content (AvgIpc) is 3.72. The van der Waals surface area contributed by atoms with Crippen LogP contribution >= 0.6 is 11.3 Å². The summed E-state index contributed by atoms with van der Waals surface area (Å²) in [6.45, 7) is 0. The van der Waals surface area contributed by atoms with E-state index in [1.165, 1.54) is 63.3 Å². The molecule has 0 bridgehead atoms. The van der Waals surface area contributed by atoms with E-state index >= 15 is 0 Å². The first-order chi connectivity index (χ1) is 24.3. The van der Waals surface area contributed by atoms with Crippen LogP contribution in [0, 0.1) is 0 Å². The second kappa shape index (κ2) is 10.2. The van der Waals surface area contributed by atoms with Gasteiger partial charge in [-0.2, -0.15) is 0 Å². The number of fused-ring (bicyclic) bond motifs is 13. The molecule has 0 aliphatic carbocycles. The molecule has 0 atom stereocenters. The minimum absolute atomic E-state index is 0.920. The van der Waals surface area contributed by atoms with Crippen LogP contribution in [-0.2, 0) is 0 Å². The van der Waals surface area contributed by atoms with E-state index in [-0.39, 0.29) is 0 Å². The Labute approximate surface area is 285 Å². The number of thiophene rings is 1. The van der Waals surface area contributed by atoms with E-state index in [0.29, 0.717) is 0 Å². The summed E-state index contributed by atoms with van der Waals surface area (Å²) in [5.41, 5.74) is 5.23. The Bertz CT molecular complexity index is 3130. The Morgan fingerprint density at radius 1 is 0.327 bits per heavy atom. The first kappa shape index (κ1) is 26.9. The molecule has 0 aliphatic rings. The van der Waals surface area contributed by atoms with Gasteiger partial charge >= 0.3 is 0 Å². The van der Waals surface area contributed by atoms with Gasteiger partial charge in [0.05, 0.1) is 0 Å². The van der Waals surface area contributed by atoms with Crippen LogP contribution in [0.4, 0.5) is 17.1 Å². The Kier molecular flexibility index (Phi) is 5.57. The highest BCUT2D eigenvalue weighted by molar-refractivity contribution is 7.25. The molecule has 49 heavy (non-hydrogen) atoms. The van der Waals surface area contributed by atoms with Crippen molar-refractivity contribution in [1.82, 2.24) is 0 Å². The third-order valence-electron chi connectivity index (χ3n) is 10.2. The van der Waals surface area contributed by atoms with Crippen LogP contribution in [0.5, 0.6) is 0 Å². The van der Waals surface area contributed by atoms with Crippen LogP contribution in [0.3, 0.4) is 0 Å². The molecule has 11 rings (SSSR count). The number of hydrogen-bond acceptors (Lipinski definition) is 3. The lowest BCUT2D eigenvalue weighted by Crippen LogP contribution is -2.10. The quantitative estimate of drug-likeness (QED) is 0.179. The normalized spacial score (nSPS) is 12.1. The van der Waals surface area contributed by atoms with Crippen LogP contribution in [0.15, 0.2) is 168 Å². The second-order valence-corrected chi connectivity index (χ2v) is 14.0. The van der Waals surface area contributed by atoms with Crippen molar-refractivity contribution in [3.63, 3.8) is 0 Å². The van der Waals surface area contributed by atoms with E-state index in [1.54, 1.807) is 0 Å². The molecule has 2 heterocycles. The van der Waals surface area contributed by atoms with Gasteiger partial charge in [-0.3, -0.25) is 0 Å². The van der Waals surface area contributed by atoms with Gasteiger partial charge in [0.15, 0.2) is 0 Å². The average molecular weight is 642 g/mol. The van der Waals surface area contributed by atoms with E-state index in [0.717, 1.165) is 39.0 Å². The number of benzene rings is 9. The number of rotatable bonds is 3. The SMILES string of the molecule is c1ccc2cc(N(c3ccc4sc5ccccc5c4c3)c3ccc4c(c3)c3ccccc3c3cc5c(cc43)oc3ccccc35)ccc2c1. The molecule has 0 saturated carbocycles. The highest BCUT2D eigenvalue weighted by Crippen LogP contribution is 2.45. The molecule has 0 saturated heterocycles. The van der Waals surface area contributed by atoms with Gasteiger partial charge in [0.1, 0.15) is 11.2 Å². The molecule has 0 N–H and O–H groups in total. The predicted octanol–water partition coefficient (Wildman–Crippen LogP) is 14.0. The third kappa shape index (κ3) is 4.00. The van der Waals surface area contributed by atoms with Gasteiger partial charge in [0, 0.05) is 48.0 Å². The fourth-order valence-corrected chi connectivity index (χ4v) is 9.00. The summed E-state index contributed by atoms with van der Waals surface area (Å²) >= 11 is 1.86. The lowest BCUT2D eigenvalue weighted by molar-refractivity contribution is 0.669. The van der Waals surface area contributed by atoms with Crippen molar-refractivity contribution in [3.05, 3.63) is 164 Å². The molecule has 3 heteroatoms. The van der Waals surface area contributed by atoms with Crippen molar-refractivity contribution in [1.29, 1.82) is 0 Å². The smallest absolute Gasteiger partial charge is 0.136 e. The van der Waals surface area contributed by atoms with Crippen molar-refractivity contribution >= 4 is 114 Å². The Morgan fingerprint density at radius 2 is 0.898 bits per heavy atom. The molecule has 2 aromatic heterocycles.